The van der Waals surface area contributed by atoms with E-state index in [1.807, 2.05) is 0 Å². The number of rotatable bonds is 11. The van der Waals surface area contributed by atoms with Gasteiger partial charge in [0.2, 0.25) is 0 Å². The minimum absolute atomic E-state index is 0.311. The van der Waals surface area contributed by atoms with Crippen molar-refractivity contribution in [3.05, 3.63) is 0 Å². The molecule has 0 radical (unpaired) electrons. The van der Waals surface area contributed by atoms with Crippen LogP contribution in [-0.4, -0.2) is 18.5 Å². The van der Waals surface area contributed by atoms with E-state index < -0.39 is 0 Å². The summed E-state index contributed by atoms with van der Waals surface area (Å²) in [5.41, 5.74) is 0. The van der Waals surface area contributed by atoms with Crippen LogP contribution in [0.3, 0.4) is 0 Å². The molecule has 1 unspecified atom stereocenters. The number of alkyl halides is 1. The highest BCUT2D eigenvalue weighted by molar-refractivity contribution is 6.21. The molecule has 0 rings (SSSR count). The van der Waals surface area contributed by atoms with E-state index in [-0.39, 0.29) is 0 Å². The van der Waals surface area contributed by atoms with Gasteiger partial charge in [0.1, 0.15) is 0 Å². The van der Waals surface area contributed by atoms with Crippen LogP contribution in [0, 0.1) is 5.92 Å². The zero-order chi connectivity index (χ0) is 12.2. The van der Waals surface area contributed by atoms with Crippen LogP contribution in [0.15, 0.2) is 0 Å². The standard InChI is InChI=1S/C14H30ClN/c1-4-7-8-9-10-11-16-12-14(15)13(5-2)6-3/h13-14,16H,4-12H2,1-3H3. The summed E-state index contributed by atoms with van der Waals surface area (Å²) in [6.07, 6.45) is 9.14. The highest BCUT2D eigenvalue weighted by Crippen LogP contribution is 2.17. The predicted octanol–water partition coefficient (Wildman–Crippen LogP) is 4.59. The molecule has 0 aliphatic heterocycles. The second kappa shape index (κ2) is 11.7. The van der Waals surface area contributed by atoms with Gasteiger partial charge in [-0.25, -0.2) is 0 Å². The second-order valence-corrected chi connectivity index (χ2v) is 5.27. The Morgan fingerprint density at radius 3 is 2.12 bits per heavy atom. The van der Waals surface area contributed by atoms with Crippen LogP contribution in [0.2, 0.25) is 0 Å². The molecule has 1 nitrogen and oxygen atoms in total. The molecule has 0 aromatic heterocycles. The van der Waals surface area contributed by atoms with Gasteiger partial charge in [-0.05, 0) is 18.9 Å². The molecule has 0 heterocycles. The third-order valence-corrected chi connectivity index (χ3v) is 3.87. The molecule has 0 amide bonds. The molecule has 98 valence electrons. The highest BCUT2D eigenvalue weighted by Gasteiger charge is 2.14. The maximum absolute atomic E-state index is 6.35. The number of halogens is 1. The van der Waals surface area contributed by atoms with E-state index in [0.717, 1.165) is 13.1 Å². The topological polar surface area (TPSA) is 12.0 Å². The molecule has 2 heteroatoms. The van der Waals surface area contributed by atoms with Crippen molar-refractivity contribution in [2.75, 3.05) is 13.1 Å². The average Bonchev–Trinajstić information content (AvgIpc) is 2.29. The first-order valence-electron chi connectivity index (χ1n) is 7.10. The van der Waals surface area contributed by atoms with Crippen LogP contribution >= 0.6 is 11.6 Å². The molecule has 0 bridgehead atoms. The maximum Gasteiger partial charge on any atom is 0.0488 e. The monoisotopic (exact) mass is 247 g/mol. The van der Waals surface area contributed by atoms with Gasteiger partial charge in [0.25, 0.3) is 0 Å². The summed E-state index contributed by atoms with van der Waals surface area (Å²) in [6, 6.07) is 0. The third kappa shape index (κ3) is 8.41. The highest BCUT2D eigenvalue weighted by atomic mass is 35.5. The normalized spacial score (nSPS) is 13.3. The smallest absolute Gasteiger partial charge is 0.0488 e. The van der Waals surface area contributed by atoms with E-state index in [9.17, 15) is 0 Å². The van der Waals surface area contributed by atoms with Crippen LogP contribution in [0.1, 0.15) is 65.7 Å². The molecular formula is C14H30ClN. The Balaban J connectivity index is 3.30. The van der Waals surface area contributed by atoms with Gasteiger partial charge in [0.15, 0.2) is 0 Å². The Hall–Kier alpha value is 0.250. The van der Waals surface area contributed by atoms with Gasteiger partial charge in [0, 0.05) is 11.9 Å². The van der Waals surface area contributed by atoms with Crippen molar-refractivity contribution in [1.82, 2.24) is 5.32 Å². The Morgan fingerprint density at radius 2 is 1.56 bits per heavy atom. The minimum atomic E-state index is 0.311. The number of nitrogens with one attached hydrogen (secondary N) is 1. The van der Waals surface area contributed by atoms with E-state index in [0.29, 0.717) is 11.3 Å². The van der Waals surface area contributed by atoms with E-state index in [2.05, 4.69) is 26.1 Å². The zero-order valence-corrected chi connectivity index (χ0v) is 12.2. The predicted molar refractivity (Wildman–Crippen MR) is 75.3 cm³/mol. The van der Waals surface area contributed by atoms with E-state index in [1.165, 1.54) is 44.9 Å². The lowest BCUT2D eigenvalue weighted by Gasteiger charge is -2.19. The van der Waals surface area contributed by atoms with Crippen molar-refractivity contribution in [2.24, 2.45) is 5.92 Å². The van der Waals surface area contributed by atoms with Gasteiger partial charge in [-0.1, -0.05) is 59.3 Å². The minimum Gasteiger partial charge on any atom is -0.315 e. The number of hydrogen-bond acceptors (Lipinski definition) is 1. The number of hydrogen-bond donors (Lipinski definition) is 1. The van der Waals surface area contributed by atoms with Crippen LogP contribution in [0.5, 0.6) is 0 Å². The van der Waals surface area contributed by atoms with Crippen LogP contribution in [0.25, 0.3) is 0 Å². The second-order valence-electron chi connectivity index (χ2n) is 4.71. The molecule has 1 atom stereocenters. The molecule has 0 spiro atoms. The van der Waals surface area contributed by atoms with Crippen molar-refractivity contribution < 1.29 is 0 Å². The molecular weight excluding hydrogens is 218 g/mol. The average molecular weight is 248 g/mol. The van der Waals surface area contributed by atoms with Crippen molar-refractivity contribution in [2.45, 2.75) is 71.1 Å². The van der Waals surface area contributed by atoms with Crippen LogP contribution < -0.4 is 5.32 Å². The molecule has 0 aliphatic rings. The molecule has 0 aromatic rings. The van der Waals surface area contributed by atoms with Crippen molar-refractivity contribution in [3.8, 4) is 0 Å². The fourth-order valence-corrected chi connectivity index (χ4v) is 2.53. The zero-order valence-electron chi connectivity index (χ0n) is 11.4. The summed E-state index contributed by atoms with van der Waals surface area (Å²) < 4.78 is 0. The Kier molecular flexibility index (Phi) is 11.9. The molecule has 0 saturated heterocycles. The van der Waals surface area contributed by atoms with E-state index >= 15 is 0 Å². The summed E-state index contributed by atoms with van der Waals surface area (Å²) >= 11 is 6.35. The lowest BCUT2D eigenvalue weighted by Crippen LogP contribution is -2.29. The Morgan fingerprint density at radius 1 is 0.938 bits per heavy atom. The van der Waals surface area contributed by atoms with E-state index in [4.69, 9.17) is 11.6 Å². The van der Waals surface area contributed by atoms with E-state index in [1.54, 1.807) is 0 Å². The van der Waals surface area contributed by atoms with Crippen molar-refractivity contribution >= 4 is 11.6 Å². The van der Waals surface area contributed by atoms with Crippen molar-refractivity contribution in [3.63, 3.8) is 0 Å². The first-order valence-corrected chi connectivity index (χ1v) is 7.54. The van der Waals surface area contributed by atoms with Crippen LogP contribution in [-0.2, 0) is 0 Å². The SMILES string of the molecule is CCCCCCCNCC(Cl)C(CC)CC. The van der Waals surface area contributed by atoms with Gasteiger partial charge >= 0.3 is 0 Å². The molecule has 16 heavy (non-hydrogen) atoms. The summed E-state index contributed by atoms with van der Waals surface area (Å²) in [6.45, 7) is 8.82. The van der Waals surface area contributed by atoms with Gasteiger partial charge in [0.05, 0.1) is 0 Å². The summed E-state index contributed by atoms with van der Waals surface area (Å²) in [7, 11) is 0. The molecule has 0 saturated carbocycles. The third-order valence-electron chi connectivity index (χ3n) is 3.36. The largest absolute Gasteiger partial charge is 0.315 e. The summed E-state index contributed by atoms with van der Waals surface area (Å²) in [5.74, 6) is 0.675. The maximum atomic E-state index is 6.35. The fraction of sp³-hybridized carbons (Fsp3) is 1.00. The summed E-state index contributed by atoms with van der Waals surface area (Å²) in [4.78, 5) is 0. The molecule has 0 fully saturated rings. The fourth-order valence-electron chi connectivity index (χ4n) is 2.06. The molecule has 0 aliphatic carbocycles. The Bertz CT molecular complexity index is 135. The van der Waals surface area contributed by atoms with Gasteiger partial charge in [-0.2, -0.15) is 0 Å². The number of unbranched alkanes of at least 4 members (excludes halogenated alkanes) is 4. The summed E-state index contributed by atoms with van der Waals surface area (Å²) in [5, 5.41) is 3.79. The van der Waals surface area contributed by atoms with Gasteiger partial charge in [-0.3, -0.25) is 0 Å². The van der Waals surface area contributed by atoms with Crippen molar-refractivity contribution in [1.29, 1.82) is 0 Å². The van der Waals surface area contributed by atoms with Gasteiger partial charge < -0.3 is 5.32 Å². The lowest BCUT2D eigenvalue weighted by atomic mass is 9.99. The van der Waals surface area contributed by atoms with Gasteiger partial charge in [-0.15, -0.1) is 11.6 Å². The van der Waals surface area contributed by atoms with Crippen LogP contribution in [0.4, 0.5) is 0 Å². The lowest BCUT2D eigenvalue weighted by molar-refractivity contribution is 0.443. The molecule has 1 N–H and O–H groups in total. The Labute approximate surface area is 107 Å². The first kappa shape index (κ1) is 16.2. The molecule has 0 aromatic carbocycles. The first-order chi connectivity index (χ1) is 7.76. The quantitative estimate of drug-likeness (QED) is 0.416.